The molecule has 2 N–H and O–H groups in total. The summed E-state index contributed by atoms with van der Waals surface area (Å²) in [4.78, 5) is 17.0. The Kier molecular flexibility index (Phi) is 4.66. The lowest BCUT2D eigenvalue weighted by atomic mass is 10.1. The van der Waals surface area contributed by atoms with Gasteiger partial charge in [0.05, 0.1) is 6.16 Å². The maximum Gasteiger partial charge on any atom is 0.329 e. The number of hydrogen-bond acceptors (Lipinski definition) is 1. The van der Waals surface area contributed by atoms with Gasteiger partial charge < -0.3 is 9.79 Å². The van der Waals surface area contributed by atoms with Gasteiger partial charge in [0.15, 0.2) is 0 Å². The van der Waals surface area contributed by atoms with E-state index in [0.29, 0.717) is 0 Å². The molecule has 0 radical (unpaired) electrons. The summed E-state index contributed by atoms with van der Waals surface area (Å²) in [5.41, 5.74) is 1.10. The maximum absolute atomic E-state index is 10.4. The number of rotatable bonds is 4. The van der Waals surface area contributed by atoms with Crippen LogP contribution in [0.3, 0.4) is 0 Å². The minimum atomic E-state index is -3.82. The van der Waals surface area contributed by atoms with Crippen molar-refractivity contribution in [3.63, 3.8) is 0 Å². The average Bonchev–Trinajstić information content (AvgIpc) is 1.88. The minimum absolute atomic E-state index is 0.121. The fourth-order valence-corrected chi connectivity index (χ4v) is 1.28. The van der Waals surface area contributed by atoms with Gasteiger partial charge in [-0.25, -0.2) is 0 Å². The van der Waals surface area contributed by atoms with E-state index in [2.05, 4.69) is 0 Å². The van der Waals surface area contributed by atoms with Gasteiger partial charge >= 0.3 is 7.60 Å². The minimum Gasteiger partial charge on any atom is -0.324 e. The third-order valence-corrected chi connectivity index (χ3v) is 2.18. The quantitative estimate of drug-likeness (QED) is 0.510. The highest BCUT2D eigenvalue weighted by Crippen LogP contribution is 2.34. The molecule has 0 saturated heterocycles. The second kappa shape index (κ2) is 4.70. The molecule has 4 heteroatoms. The molecule has 0 fully saturated rings. The Morgan fingerprint density at radius 2 is 1.82 bits per heavy atom. The Hall–Kier alpha value is -0.110. The predicted octanol–water partition coefficient (Wildman–Crippen LogP) is 1.91. The molecule has 0 spiro atoms. The van der Waals surface area contributed by atoms with Crippen LogP contribution in [0.4, 0.5) is 0 Å². The van der Waals surface area contributed by atoms with Crippen LogP contribution in [0.15, 0.2) is 11.6 Å². The normalized spacial score (nSPS) is 11.3. The monoisotopic (exact) mass is 178 g/mol. The molecule has 0 heterocycles. The number of allylic oxidation sites excluding steroid dienone is 2. The van der Waals surface area contributed by atoms with E-state index in [1.807, 2.05) is 13.8 Å². The lowest BCUT2D eigenvalue weighted by molar-refractivity contribution is 0.377. The van der Waals surface area contributed by atoms with E-state index in [4.69, 9.17) is 9.79 Å². The predicted molar refractivity (Wildman–Crippen MR) is 45.6 cm³/mol. The Morgan fingerprint density at radius 1 is 1.36 bits per heavy atom. The molecule has 0 aromatic carbocycles. The van der Waals surface area contributed by atoms with Gasteiger partial charge in [-0.3, -0.25) is 4.57 Å². The molecule has 0 rings (SSSR count). The van der Waals surface area contributed by atoms with Crippen molar-refractivity contribution in [2.24, 2.45) is 0 Å². The van der Waals surface area contributed by atoms with Gasteiger partial charge in [-0.2, -0.15) is 0 Å². The van der Waals surface area contributed by atoms with Crippen molar-refractivity contribution in [1.29, 1.82) is 0 Å². The Morgan fingerprint density at radius 3 is 2.09 bits per heavy atom. The SMILES string of the molecule is CCC(=CCP(=O)(O)O)CC. The summed E-state index contributed by atoms with van der Waals surface area (Å²) in [6, 6.07) is 0. The molecule has 0 aromatic rings. The molecule has 11 heavy (non-hydrogen) atoms. The van der Waals surface area contributed by atoms with Crippen molar-refractivity contribution >= 4 is 7.60 Å². The summed E-state index contributed by atoms with van der Waals surface area (Å²) in [6.07, 6.45) is 3.26. The first kappa shape index (κ1) is 10.9. The van der Waals surface area contributed by atoms with Crippen LogP contribution in [-0.2, 0) is 4.57 Å². The largest absolute Gasteiger partial charge is 0.329 e. The highest BCUT2D eigenvalue weighted by atomic mass is 31.2. The maximum atomic E-state index is 10.4. The van der Waals surface area contributed by atoms with E-state index in [0.717, 1.165) is 18.4 Å². The molecule has 0 aliphatic rings. The second-order valence-corrected chi connectivity index (χ2v) is 4.11. The fraction of sp³-hybridized carbons (Fsp3) is 0.714. The van der Waals surface area contributed by atoms with Gasteiger partial charge in [0.25, 0.3) is 0 Å². The van der Waals surface area contributed by atoms with Gasteiger partial charge in [0.1, 0.15) is 0 Å². The van der Waals surface area contributed by atoms with Crippen LogP contribution >= 0.6 is 7.60 Å². The van der Waals surface area contributed by atoms with Gasteiger partial charge in [-0.15, -0.1) is 0 Å². The molecule has 0 aliphatic carbocycles. The summed E-state index contributed by atoms with van der Waals surface area (Å²) in [5, 5.41) is 0. The lowest BCUT2D eigenvalue weighted by Crippen LogP contribution is -1.85. The molecular weight excluding hydrogens is 163 g/mol. The van der Waals surface area contributed by atoms with E-state index in [1.165, 1.54) is 0 Å². The third kappa shape index (κ3) is 6.29. The van der Waals surface area contributed by atoms with Crippen LogP contribution in [0.5, 0.6) is 0 Å². The van der Waals surface area contributed by atoms with Crippen LogP contribution in [0, 0.1) is 0 Å². The lowest BCUT2D eigenvalue weighted by Gasteiger charge is -2.01. The molecule has 0 unspecified atom stereocenters. The fourth-order valence-electron chi connectivity index (χ4n) is 0.787. The van der Waals surface area contributed by atoms with Gasteiger partial charge in [0.2, 0.25) is 0 Å². The van der Waals surface area contributed by atoms with Crippen LogP contribution < -0.4 is 0 Å². The third-order valence-electron chi connectivity index (χ3n) is 1.53. The molecule has 0 atom stereocenters. The first-order valence-corrected chi connectivity index (χ1v) is 5.51. The molecule has 66 valence electrons. The highest BCUT2D eigenvalue weighted by Gasteiger charge is 2.09. The van der Waals surface area contributed by atoms with Crippen molar-refractivity contribution in [2.75, 3.05) is 6.16 Å². The average molecular weight is 178 g/mol. The summed E-state index contributed by atoms with van der Waals surface area (Å²) >= 11 is 0. The molecule has 0 bridgehead atoms. The number of hydrogen-bond donors (Lipinski definition) is 2. The van der Waals surface area contributed by atoms with Gasteiger partial charge in [-0.1, -0.05) is 25.5 Å². The zero-order valence-electron chi connectivity index (χ0n) is 6.95. The Bertz CT molecular complexity index is 174. The van der Waals surface area contributed by atoms with Crippen molar-refractivity contribution in [3.05, 3.63) is 11.6 Å². The van der Waals surface area contributed by atoms with Crippen molar-refractivity contribution in [2.45, 2.75) is 26.7 Å². The standard InChI is InChI=1S/C7H15O3P/c1-3-7(4-2)5-6-11(8,9)10/h5H,3-4,6H2,1-2H3,(H2,8,9,10). The van der Waals surface area contributed by atoms with E-state index in [1.54, 1.807) is 6.08 Å². The van der Waals surface area contributed by atoms with Crippen LogP contribution in [-0.4, -0.2) is 15.9 Å². The zero-order valence-corrected chi connectivity index (χ0v) is 7.84. The zero-order chi connectivity index (χ0) is 8.91. The Labute approximate surface area is 67.3 Å². The van der Waals surface area contributed by atoms with E-state index in [-0.39, 0.29) is 6.16 Å². The van der Waals surface area contributed by atoms with Crippen molar-refractivity contribution in [1.82, 2.24) is 0 Å². The second-order valence-electron chi connectivity index (χ2n) is 2.42. The van der Waals surface area contributed by atoms with Crippen LogP contribution in [0.25, 0.3) is 0 Å². The summed E-state index contributed by atoms with van der Waals surface area (Å²) in [7, 11) is -3.82. The molecule has 3 nitrogen and oxygen atoms in total. The van der Waals surface area contributed by atoms with Gasteiger partial charge in [0, 0.05) is 0 Å². The molecule has 0 aromatic heterocycles. The van der Waals surface area contributed by atoms with Crippen molar-refractivity contribution < 1.29 is 14.4 Å². The molecular formula is C7H15O3P. The molecule has 0 saturated carbocycles. The smallest absolute Gasteiger partial charge is 0.324 e. The molecule has 0 aliphatic heterocycles. The van der Waals surface area contributed by atoms with Crippen LogP contribution in [0.2, 0.25) is 0 Å². The highest BCUT2D eigenvalue weighted by molar-refractivity contribution is 7.51. The Balaban J connectivity index is 3.99. The van der Waals surface area contributed by atoms with E-state index in [9.17, 15) is 4.57 Å². The van der Waals surface area contributed by atoms with E-state index < -0.39 is 7.60 Å². The summed E-state index contributed by atoms with van der Waals surface area (Å²) < 4.78 is 10.4. The first-order chi connectivity index (χ1) is 4.99. The molecule has 0 amide bonds. The topological polar surface area (TPSA) is 57.5 Å². The van der Waals surface area contributed by atoms with E-state index >= 15 is 0 Å². The first-order valence-electron chi connectivity index (χ1n) is 3.72. The summed E-state index contributed by atoms with van der Waals surface area (Å²) in [6.45, 7) is 3.96. The van der Waals surface area contributed by atoms with Crippen molar-refractivity contribution in [3.8, 4) is 0 Å². The summed E-state index contributed by atoms with van der Waals surface area (Å²) in [5.74, 6) is 0. The van der Waals surface area contributed by atoms with Crippen LogP contribution in [0.1, 0.15) is 26.7 Å². The van der Waals surface area contributed by atoms with Gasteiger partial charge in [-0.05, 0) is 12.8 Å².